The van der Waals surface area contributed by atoms with Gasteiger partial charge in [-0.25, -0.2) is 0 Å². The van der Waals surface area contributed by atoms with Crippen LogP contribution in [0.5, 0.6) is 0 Å². The molecule has 0 bridgehead atoms. The first-order chi connectivity index (χ1) is 9.77. The van der Waals surface area contributed by atoms with Crippen LogP contribution in [0.3, 0.4) is 0 Å². The molecule has 0 heterocycles. The van der Waals surface area contributed by atoms with Crippen molar-refractivity contribution in [2.24, 2.45) is 0 Å². The molecule has 116 valence electrons. The lowest BCUT2D eigenvalue weighted by Crippen LogP contribution is -2.45. The molecular formula is C17H26N2O2. The summed E-state index contributed by atoms with van der Waals surface area (Å²) in [5, 5.41) is 0. The van der Waals surface area contributed by atoms with Crippen LogP contribution in [0.15, 0.2) is 18.2 Å². The number of benzene rings is 1. The van der Waals surface area contributed by atoms with E-state index in [9.17, 15) is 9.59 Å². The molecule has 4 heteroatoms. The first kappa shape index (κ1) is 17.4. The number of carbonyl (C=O) groups is 2. The van der Waals surface area contributed by atoms with Crippen LogP contribution in [0.1, 0.15) is 35.3 Å². The van der Waals surface area contributed by atoms with Gasteiger partial charge in [0.05, 0.1) is 12.6 Å². The largest absolute Gasteiger partial charge is 0.348 e. The first-order valence-electron chi connectivity index (χ1n) is 7.33. The lowest BCUT2D eigenvalue weighted by Gasteiger charge is -2.27. The van der Waals surface area contributed by atoms with Crippen molar-refractivity contribution in [3.63, 3.8) is 0 Å². The zero-order chi connectivity index (χ0) is 16.2. The molecule has 4 nitrogen and oxygen atoms in total. The lowest BCUT2D eigenvalue weighted by molar-refractivity contribution is -0.130. The Kier molecular flexibility index (Phi) is 6.09. The van der Waals surface area contributed by atoms with Gasteiger partial charge < -0.3 is 4.90 Å². The van der Waals surface area contributed by atoms with Crippen molar-refractivity contribution in [3.05, 3.63) is 34.9 Å². The van der Waals surface area contributed by atoms with Crippen LogP contribution < -0.4 is 0 Å². The number of hydrogen-bond donors (Lipinski definition) is 0. The average Bonchev–Trinajstić information content (AvgIpc) is 2.45. The van der Waals surface area contributed by atoms with E-state index in [1.807, 2.05) is 50.8 Å². The summed E-state index contributed by atoms with van der Waals surface area (Å²) in [6, 6.07) is 5.59. The van der Waals surface area contributed by atoms with Crippen LogP contribution in [0.25, 0.3) is 0 Å². The summed E-state index contributed by atoms with van der Waals surface area (Å²) in [7, 11) is 3.46. The second kappa shape index (κ2) is 7.36. The molecule has 1 unspecified atom stereocenters. The molecule has 0 saturated heterocycles. The molecule has 0 N–H and O–H groups in total. The van der Waals surface area contributed by atoms with Crippen molar-refractivity contribution in [2.45, 2.75) is 33.7 Å². The van der Waals surface area contributed by atoms with E-state index < -0.39 is 0 Å². The molecule has 1 aromatic rings. The molecule has 0 aromatic heterocycles. The third-order valence-corrected chi connectivity index (χ3v) is 3.83. The topological polar surface area (TPSA) is 40.6 Å². The number of nitrogens with zero attached hydrogens (tertiary/aromatic N) is 2. The van der Waals surface area contributed by atoms with Gasteiger partial charge in [-0.2, -0.15) is 0 Å². The Bertz CT molecular complexity index is 524. The Morgan fingerprint density at radius 2 is 1.81 bits per heavy atom. The van der Waals surface area contributed by atoms with E-state index in [1.165, 1.54) is 0 Å². The maximum atomic E-state index is 12.7. The fourth-order valence-electron chi connectivity index (χ4n) is 2.23. The van der Waals surface area contributed by atoms with Crippen molar-refractivity contribution in [2.75, 3.05) is 27.2 Å². The summed E-state index contributed by atoms with van der Waals surface area (Å²) in [5.41, 5.74) is 2.80. The third kappa shape index (κ3) is 4.39. The van der Waals surface area contributed by atoms with Gasteiger partial charge >= 0.3 is 0 Å². The van der Waals surface area contributed by atoms with E-state index in [0.29, 0.717) is 6.54 Å². The fraction of sp³-hybridized carbons (Fsp3) is 0.529. The number of aryl methyl sites for hydroxylation is 2. The molecule has 1 amide bonds. The van der Waals surface area contributed by atoms with E-state index >= 15 is 0 Å². The van der Waals surface area contributed by atoms with E-state index in [-0.39, 0.29) is 24.3 Å². The van der Waals surface area contributed by atoms with Crippen LogP contribution in [-0.2, 0) is 4.79 Å². The highest BCUT2D eigenvalue weighted by Crippen LogP contribution is 2.15. The van der Waals surface area contributed by atoms with Crippen LogP contribution in [0, 0.1) is 13.8 Å². The van der Waals surface area contributed by atoms with Crippen LogP contribution in [-0.4, -0.2) is 54.7 Å². The molecule has 0 saturated carbocycles. The molecule has 0 radical (unpaired) electrons. The molecule has 0 aliphatic heterocycles. The Labute approximate surface area is 127 Å². The number of rotatable bonds is 6. The Morgan fingerprint density at radius 3 is 2.33 bits per heavy atom. The highest BCUT2D eigenvalue weighted by molar-refractivity contribution is 6.01. The van der Waals surface area contributed by atoms with E-state index in [4.69, 9.17) is 0 Å². The van der Waals surface area contributed by atoms with Gasteiger partial charge in [-0.05, 0) is 38.9 Å². The zero-order valence-electron chi connectivity index (χ0n) is 13.9. The predicted molar refractivity (Wildman–Crippen MR) is 85.6 cm³/mol. The Balaban J connectivity index is 2.94. The number of carbonyl (C=O) groups excluding carboxylic acids is 2. The molecule has 1 atom stereocenters. The second-order valence-corrected chi connectivity index (χ2v) is 5.71. The Morgan fingerprint density at radius 1 is 1.19 bits per heavy atom. The summed E-state index contributed by atoms with van der Waals surface area (Å²) >= 11 is 0. The standard InChI is InChI=1S/C17H26N2O2/c1-7-19(11-16(20)18(5)6)14(4)17(21)15-10-12(2)8-9-13(15)3/h8-10,14H,7,11H2,1-6H3. The molecule has 21 heavy (non-hydrogen) atoms. The molecule has 0 fully saturated rings. The van der Waals surface area contributed by atoms with Gasteiger partial charge in [-0.15, -0.1) is 0 Å². The number of Topliss-reactive ketones (excluding diaryl/α,β-unsaturated/α-hetero) is 1. The summed E-state index contributed by atoms with van der Waals surface area (Å²) < 4.78 is 0. The van der Waals surface area contributed by atoms with Gasteiger partial charge in [0.15, 0.2) is 5.78 Å². The van der Waals surface area contributed by atoms with Crippen LogP contribution in [0.2, 0.25) is 0 Å². The van der Waals surface area contributed by atoms with E-state index in [0.717, 1.165) is 16.7 Å². The van der Waals surface area contributed by atoms with Gasteiger partial charge in [-0.1, -0.05) is 24.6 Å². The van der Waals surface area contributed by atoms with Crippen LogP contribution >= 0.6 is 0 Å². The van der Waals surface area contributed by atoms with E-state index in [2.05, 4.69) is 0 Å². The SMILES string of the molecule is CCN(CC(=O)N(C)C)C(C)C(=O)c1cc(C)ccc1C. The van der Waals surface area contributed by atoms with Gasteiger partial charge in [-0.3, -0.25) is 14.5 Å². The monoisotopic (exact) mass is 290 g/mol. The second-order valence-electron chi connectivity index (χ2n) is 5.71. The van der Waals surface area contributed by atoms with Crippen molar-refractivity contribution in [1.29, 1.82) is 0 Å². The number of amides is 1. The summed E-state index contributed by atoms with van der Waals surface area (Å²) in [6.45, 7) is 8.69. The van der Waals surface area contributed by atoms with Crippen molar-refractivity contribution < 1.29 is 9.59 Å². The molecular weight excluding hydrogens is 264 g/mol. The molecule has 1 aromatic carbocycles. The molecule has 0 spiro atoms. The van der Waals surface area contributed by atoms with Crippen molar-refractivity contribution in [3.8, 4) is 0 Å². The normalized spacial score (nSPS) is 12.3. The predicted octanol–water partition coefficient (Wildman–Crippen LogP) is 2.28. The molecule has 1 rings (SSSR count). The minimum Gasteiger partial charge on any atom is -0.348 e. The lowest BCUT2D eigenvalue weighted by atomic mass is 9.97. The molecule has 0 aliphatic rings. The minimum atomic E-state index is -0.306. The quantitative estimate of drug-likeness (QED) is 0.755. The Hall–Kier alpha value is -1.68. The van der Waals surface area contributed by atoms with Crippen LogP contribution in [0.4, 0.5) is 0 Å². The van der Waals surface area contributed by atoms with Gasteiger partial charge in [0.2, 0.25) is 5.91 Å². The number of ketones is 1. The zero-order valence-corrected chi connectivity index (χ0v) is 13.9. The smallest absolute Gasteiger partial charge is 0.236 e. The first-order valence-corrected chi connectivity index (χ1v) is 7.33. The van der Waals surface area contributed by atoms with Gasteiger partial charge in [0.25, 0.3) is 0 Å². The summed E-state index contributed by atoms with van der Waals surface area (Å²) in [6.07, 6.45) is 0. The van der Waals surface area contributed by atoms with Crippen molar-refractivity contribution in [1.82, 2.24) is 9.80 Å². The average molecular weight is 290 g/mol. The number of hydrogen-bond acceptors (Lipinski definition) is 3. The maximum absolute atomic E-state index is 12.7. The van der Waals surface area contributed by atoms with E-state index in [1.54, 1.807) is 19.0 Å². The highest BCUT2D eigenvalue weighted by atomic mass is 16.2. The minimum absolute atomic E-state index is 0.0115. The highest BCUT2D eigenvalue weighted by Gasteiger charge is 2.24. The summed E-state index contributed by atoms with van der Waals surface area (Å²) in [5.74, 6) is 0.0853. The maximum Gasteiger partial charge on any atom is 0.236 e. The number of likely N-dealkylation sites (N-methyl/N-ethyl adjacent to an activating group) is 2. The van der Waals surface area contributed by atoms with Gasteiger partial charge in [0.1, 0.15) is 0 Å². The van der Waals surface area contributed by atoms with Gasteiger partial charge in [0, 0.05) is 19.7 Å². The third-order valence-electron chi connectivity index (χ3n) is 3.83. The van der Waals surface area contributed by atoms with Crippen molar-refractivity contribution >= 4 is 11.7 Å². The summed E-state index contributed by atoms with van der Waals surface area (Å²) in [4.78, 5) is 28.0. The molecule has 0 aliphatic carbocycles. The fourth-order valence-corrected chi connectivity index (χ4v) is 2.23.